The molecule has 0 aliphatic carbocycles. The highest BCUT2D eigenvalue weighted by atomic mass is 32.1. The van der Waals surface area contributed by atoms with Crippen LogP contribution in [-0.2, 0) is 0 Å². The minimum absolute atomic E-state index is 0.173. The maximum atomic E-state index is 11.5. The van der Waals surface area contributed by atoms with Crippen molar-refractivity contribution < 1.29 is 4.79 Å². The number of aryl methyl sites for hydroxylation is 1. The summed E-state index contributed by atoms with van der Waals surface area (Å²) in [5.74, 6) is 0.176. The van der Waals surface area contributed by atoms with Gasteiger partial charge in [-0.05, 0) is 38.1 Å². The number of aromatic nitrogens is 1. The van der Waals surface area contributed by atoms with Crippen molar-refractivity contribution in [2.45, 2.75) is 33.2 Å². The van der Waals surface area contributed by atoms with Gasteiger partial charge in [-0.3, -0.25) is 4.79 Å². The molecule has 0 aliphatic rings. The van der Waals surface area contributed by atoms with Crippen LogP contribution in [0.15, 0.2) is 30.5 Å². The Bertz CT molecular complexity index is 560. The molecule has 0 bridgehead atoms. The molecule has 0 spiro atoms. The van der Waals surface area contributed by atoms with Crippen molar-refractivity contribution in [1.29, 1.82) is 0 Å². The van der Waals surface area contributed by atoms with Crippen LogP contribution in [-0.4, -0.2) is 10.8 Å². The number of rotatable bonds is 5. The van der Waals surface area contributed by atoms with Crippen LogP contribution in [0.2, 0.25) is 0 Å². The summed E-state index contributed by atoms with van der Waals surface area (Å²) in [5.41, 5.74) is 1.78. The van der Waals surface area contributed by atoms with Crippen LogP contribution in [0.1, 0.15) is 46.6 Å². The summed E-state index contributed by atoms with van der Waals surface area (Å²) in [6, 6.07) is 7.80. The van der Waals surface area contributed by atoms with Gasteiger partial charge in [0.25, 0.3) is 0 Å². The van der Waals surface area contributed by atoms with Crippen molar-refractivity contribution in [3.05, 3.63) is 45.9 Å². The summed E-state index contributed by atoms with van der Waals surface area (Å²) in [7, 11) is 0. The second-order valence-corrected chi connectivity index (χ2v) is 5.80. The number of nitrogens with zero attached hydrogens (tertiary/aromatic N) is 1. The Kier molecular flexibility index (Phi) is 4.32. The quantitative estimate of drug-likeness (QED) is 0.830. The van der Waals surface area contributed by atoms with Gasteiger partial charge in [0.05, 0.1) is 6.04 Å². The lowest BCUT2D eigenvalue weighted by Gasteiger charge is -2.13. The van der Waals surface area contributed by atoms with Crippen molar-refractivity contribution in [3.8, 4) is 0 Å². The summed E-state index contributed by atoms with van der Waals surface area (Å²) in [6.45, 7) is 6.02. The van der Waals surface area contributed by atoms with E-state index in [1.807, 2.05) is 37.4 Å². The summed E-state index contributed by atoms with van der Waals surface area (Å²) < 4.78 is 0. The first kappa shape index (κ1) is 13.7. The molecule has 100 valence electrons. The topological polar surface area (TPSA) is 42.0 Å². The van der Waals surface area contributed by atoms with Crippen LogP contribution in [0, 0.1) is 6.92 Å². The van der Waals surface area contributed by atoms with Crippen LogP contribution in [0.3, 0.4) is 0 Å². The largest absolute Gasteiger partial charge is 0.376 e. The van der Waals surface area contributed by atoms with Crippen LogP contribution < -0.4 is 5.32 Å². The van der Waals surface area contributed by atoms with Crippen molar-refractivity contribution in [2.24, 2.45) is 0 Å². The standard InChI is InChI=1S/C15H18N2OS/c1-4-14(18)12-5-7-13(8-6-12)17-11(3)15-16-9-10(2)19-15/h5-9,11,17H,4H2,1-3H3. The summed E-state index contributed by atoms with van der Waals surface area (Å²) in [6.07, 6.45) is 2.43. The van der Waals surface area contributed by atoms with Gasteiger partial charge in [-0.25, -0.2) is 4.98 Å². The molecule has 0 amide bonds. The highest BCUT2D eigenvalue weighted by Gasteiger charge is 2.09. The molecule has 0 saturated carbocycles. The van der Waals surface area contributed by atoms with E-state index in [2.05, 4.69) is 24.1 Å². The average Bonchev–Trinajstić information content (AvgIpc) is 2.85. The zero-order valence-electron chi connectivity index (χ0n) is 11.4. The first-order valence-electron chi connectivity index (χ1n) is 6.42. The lowest BCUT2D eigenvalue weighted by atomic mass is 10.1. The van der Waals surface area contributed by atoms with Gasteiger partial charge in [0.2, 0.25) is 0 Å². The highest BCUT2D eigenvalue weighted by Crippen LogP contribution is 2.23. The van der Waals surface area contributed by atoms with E-state index in [0.717, 1.165) is 16.3 Å². The number of nitrogens with one attached hydrogen (secondary N) is 1. The van der Waals surface area contributed by atoms with E-state index in [-0.39, 0.29) is 11.8 Å². The summed E-state index contributed by atoms with van der Waals surface area (Å²) in [5, 5.41) is 4.47. The highest BCUT2D eigenvalue weighted by molar-refractivity contribution is 7.11. The second kappa shape index (κ2) is 5.97. The number of carbonyl (C=O) groups is 1. The van der Waals surface area contributed by atoms with Gasteiger partial charge < -0.3 is 5.32 Å². The maximum Gasteiger partial charge on any atom is 0.162 e. The molecule has 2 aromatic rings. The third-order valence-corrected chi connectivity index (χ3v) is 4.02. The molecule has 0 aliphatic heterocycles. The van der Waals surface area contributed by atoms with Crippen LogP contribution >= 0.6 is 11.3 Å². The van der Waals surface area contributed by atoms with Gasteiger partial charge in [0.1, 0.15) is 5.01 Å². The number of hydrogen-bond donors (Lipinski definition) is 1. The van der Waals surface area contributed by atoms with E-state index in [9.17, 15) is 4.79 Å². The van der Waals surface area contributed by atoms with E-state index in [1.54, 1.807) is 11.3 Å². The molecule has 1 N–H and O–H groups in total. The van der Waals surface area contributed by atoms with E-state index in [1.165, 1.54) is 4.88 Å². The molecule has 0 fully saturated rings. The Morgan fingerprint density at radius 1 is 1.37 bits per heavy atom. The van der Waals surface area contributed by atoms with E-state index < -0.39 is 0 Å². The SMILES string of the molecule is CCC(=O)c1ccc(NC(C)c2ncc(C)s2)cc1. The van der Waals surface area contributed by atoms with Crippen molar-refractivity contribution >= 4 is 22.8 Å². The Labute approximate surface area is 117 Å². The fourth-order valence-electron chi connectivity index (χ4n) is 1.84. The first-order valence-corrected chi connectivity index (χ1v) is 7.24. The zero-order chi connectivity index (χ0) is 13.8. The molecule has 1 aromatic heterocycles. The lowest BCUT2D eigenvalue weighted by molar-refractivity contribution is 0.0988. The number of anilines is 1. The number of ketones is 1. The Morgan fingerprint density at radius 2 is 2.05 bits per heavy atom. The third-order valence-electron chi connectivity index (χ3n) is 2.92. The maximum absolute atomic E-state index is 11.5. The fraction of sp³-hybridized carbons (Fsp3) is 0.333. The smallest absolute Gasteiger partial charge is 0.162 e. The normalized spacial score (nSPS) is 12.2. The average molecular weight is 274 g/mol. The van der Waals surface area contributed by atoms with Crippen LogP contribution in [0.5, 0.6) is 0 Å². The fourth-order valence-corrected chi connectivity index (χ4v) is 2.62. The molecule has 2 rings (SSSR count). The van der Waals surface area contributed by atoms with Gasteiger partial charge in [-0.15, -0.1) is 11.3 Å². The molecule has 1 atom stereocenters. The first-order chi connectivity index (χ1) is 9.10. The van der Waals surface area contributed by atoms with E-state index in [0.29, 0.717) is 6.42 Å². The molecular weight excluding hydrogens is 256 g/mol. The molecule has 1 aromatic carbocycles. The lowest BCUT2D eigenvalue weighted by Crippen LogP contribution is -2.06. The predicted molar refractivity (Wildman–Crippen MR) is 80.0 cm³/mol. The van der Waals surface area contributed by atoms with E-state index >= 15 is 0 Å². The van der Waals surface area contributed by atoms with Crippen LogP contribution in [0.25, 0.3) is 0 Å². The summed E-state index contributed by atoms with van der Waals surface area (Å²) in [4.78, 5) is 17.1. The Morgan fingerprint density at radius 3 is 2.58 bits per heavy atom. The number of benzene rings is 1. The molecule has 1 heterocycles. The van der Waals surface area contributed by atoms with Gasteiger partial charge in [0.15, 0.2) is 5.78 Å². The minimum atomic E-state index is 0.173. The molecule has 0 saturated heterocycles. The number of hydrogen-bond acceptors (Lipinski definition) is 4. The van der Waals surface area contributed by atoms with Gasteiger partial charge in [-0.1, -0.05) is 6.92 Å². The predicted octanol–water partition coefficient (Wildman–Crippen LogP) is 4.22. The summed E-state index contributed by atoms with van der Waals surface area (Å²) >= 11 is 1.70. The molecule has 4 heteroatoms. The van der Waals surface area contributed by atoms with E-state index in [4.69, 9.17) is 0 Å². The van der Waals surface area contributed by atoms with Crippen LogP contribution in [0.4, 0.5) is 5.69 Å². The van der Waals surface area contributed by atoms with Crippen molar-refractivity contribution in [1.82, 2.24) is 4.98 Å². The monoisotopic (exact) mass is 274 g/mol. The van der Waals surface area contributed by atoms with Gasteiger partial charge in [0, 0.05) is 28.7 Å². The van der Waals surface area contributed by atoms with Gasteiger partial charge in [-0.2, -0.15) is 0 Å². The molecule has 0 radical (unpaired) electrons. The molecule has 1 unspecified atom stereocenters. The number of thiazole rings is 1. The third kappa shape index (κ3) is 3.41. The minimum Gasteiger partial charge on any atom is -0.376 e. The molecule has 19 heavy (non-hydrogen) atoms. The molecular formula is C15H18N2OS. The van der Waals surface area contributed by atoms with Gasteiger partial charge >= 0.3 is 0 Å². The zero-order valence-corrected chi connectivity index (χ0v) is 12.3. The van der Waals surface area contributed by atoms with Crippen molar-refractivity contribution in [3.63, 3.8) is 0 Å². The second-order valence-electron chi connectivity index (χ2n) is 4.53. The number of Topliss-reactive ketones (excluding diaryl/α,β-unsaturated/α-hetero) is 1. The number of carbonyl (C=O) groups excluding carboxylic acids is 1. The van der Waals surface area contributed by atoms with Crippen molar-refractivity contribution in [2.75, 3.05) is 5.32 Å². The Hall–Kier alpha value is -1.68. The molecule has 3 nitrogen and oxygen atoms in total. The Balaban J connectivity index is 2.05.